The van der Waals surface area contributed by atoms with E-state index in [-0.39, 0.29) is 49.2 Å². The van der Waals surface area contributed by atoms with Gasteiger partial charge < -0.3 is 18.9 Å². The molecule has 6 heteroatoms. The highest BCUT2D eigenvalue weighted by Crippen LogP contribution is 2.52. The third-order valence-electron chi connectivity index (χ3n) is 4.81. The fraction of sp³-hybridized carbons (Fsp3) is 0.765. The minimum Gasteiger partial charge on any atom is -0.466 e. The standard InChI is InChI=1S/C17H24O6/c1-5-20-15(18)11-9-7-8-10(12(11)16(19)21-6-2)14-13(9)22-17(3,4)23-14/h7-14H,5-6H2,1-4H3. The third kappa shape index (κ3) is 2.68. The molecule has 1 saturated carbocycles. The van der Waals surface area contributed by atoms with Crippen LogP contribution in [0.25, 0.3) is 0 Å². The van der Waals surface area contributed by atoms with Gasteiger partial charge >= 0.3 is 11.9 Å². The smallest absolute Gasteiger partial charge is 0.310 e. The van der Waals surface area contributed by atoms with Gasteiger partial charge in [-0.2, -0.15) is 0 Å². The van der Waals surface area contributed by atoms with Crippen LogP contribution in [0.5, 0.6) is 0 Å². The van der Waals surface area contributed by atoms with E-state index >= 15 is 0 Å². The minimum absolute atomic E-state index is 0.236. The zero-order valence-electron chi connectivity index (χ0n) is 14.0. The molecule has 0 aromatic carbocycles. The van der Waals surface area contributed by atoms with Crippen molar-refractivity contribution in [3.63, 3.8) is 0 Å². The summed E-state index contributed by atoms with van der Waals surface area (Å²) in [5, 5.41) is 0. The van der Waals surface area contributed by atoms with E-state index in [1.54, 1.807) is 13.8 Å². The van der Waals surface area contributed by atoms with Crippen molar-refractivity contribution in [1.29, 1.82) is 0 Å². The lowest BCUT2D eigenvalue weighted by molar-refractivity contribution is -0.173. The van der Waals surface area contributed by atoms with E-state index in [1.807, 2.05) is 26.0 Å². The van der Waals surface area contributed by atoms with Crippen molar-refractivity contribution in [1.82, 2.24) is 0 Å². The van der Waals surface area contributed by atoms with Gasteiger partial charge in [0.15, 0.2) is 5.79 Å². The van der Waals surface area contributed by atoms with E-state index in [0.29, 0.717) is 0 Å². The molecular weight excluding hydrogens is 300 g/mol. The topological polar surface area (TPSA) is 71.1 Å². The second kappa shape index (κ2) is 5.91. The lowest BCUT2D eigenvalue weighted by atomic mass is 9.59. The molecule has 4 aliphatic rings. The SMILES string of the molecule is CCOC(=O)C1C2C=CC(C3OC(C)(C)OC23)C1C(=O)OCC. The van der Waals surface area contributed by atoms with E-state index in [9.17, 15) is 9.59 Å². The number of fused-ring (bicyclic) bond motifs is 1. The molecule has 2 fully saturated rings. The average molecular weight is 324 g/mol. The first-order valence-corrected chi connectivity index (χ1v) is 8.27. The van der Waals surface area contributed by atoms with E-state index in [1.165, 1.54) is 0 Å². The van der Waals surface area contributed by atoms with Gasteiger partial charge in [0, 0.05) is 11.8 Å². The predicted octanol–water partition coefficient (Wildman–Crippen LogP) is 1.68. The van der Waals surface area contributed by atoms with Crippen LogP contribution in [0.3, 0.4) is 0 Å². The van der Waals surface area contributed by atoms with Gasteiger partial charge in [0.05, 0.1) is 37.3 Å². The third-order valence-corrected chi connectivity index (χ3v) is 4.81. The van der Waals surface area contributed by atoms with Gasteiger partial charge in [-0.15, -0.1) is 0 Å². The van der Waals surface area contributed by atoms with Crippen molar-refractivity contribution >= 4 is 11.9 Å². The van der Waals surface area contributed by atoms with Crippen LogP contribution in [-0.4, -0.2) is 43.1 Å². The Bertz CT molecular complexity index is 481. The first-order chi connectivity index (χ1) is 10.9. The number of hydrogen-bond donors (Lipinski definition) is 0. The Morgan fingerprint density at radius 2 is 1.30 bits per heavy atom. The molecule has 23 heavy (non-hydrogen) atoms. The van der Waals surface area contributed by atoms with Crippen molar-refractivity contribution < 1.29 is 28.5 Å². The van der Waals surface area contributed by atoms with Gasteiger partial charge in [-0.25, -0.2) is 0 Å². The summed E-state index contributed by atoms with van der Waals surface area (Å²) in [4.78, 5) is 25.0. The summed E-state index contributed by atoms with van der Waals surface area (Å²) in [7, 11) is 0. The van der Waals surface area contributed by atoms with Crippen molar-refractivity contribution in [2.24, 2.45) is 23.7 Å². The van der Waals surface area contributed by atoms with Crippen LogP contribution < -0.4 is 0 Å². The van der Waals surface area contributed by atoms with Crippen molar-refractivity contribution in [2.75, 3.05) is 13.2 Å². The lowest BCUT2D eigenvalue weighted by Crippen LogP contribution is -2.57. The number of ether oxygens (including phenoxy) is 4. The molecule has 6 unspecified atom stereocenters. The molecule has 128 valence electrons. The maximum Gasteiger partial charge on any atom is 0.310 e. The van der Waals surface area contributed by atoms with Crippen LogP contribution in [0.4, 0.5) is 0 Å². The van der Waals surface area contributed by atoms with Crippen LogP contribution in [0.1, 0.15) is 27.7 Å². The summed E-state index contributed by atoms with van der Waals surface area (Å²) in [6.45, 7) is 7.78. The summed E-state index contributed by atoms with van der Waals surface area (Å²) < 4.78 is 22.4. The highest BCUT2D eigenvalue weighted by atomic mass is 16.8. The fourth-order valence-corrected chi connectivity index (χ4v) is 4.10. The van der Waals surface area contributed by atoms with Crippen molar-refractivity contribution in [2.45, 2.75) is 45.7 Å². The van der Waals surface area contributed by atoms with Crippen LogP contribution >= 0.6 is 0 Å². The molecule has 3 aliphatic carbocycles. The Kier molecular flexibility index (Phi) is 4.23. The first-order valence-electron chi connectivity index (χ1n) is 8.27. The molecule has 1 heterocycles. The summed E-state index contributed by atoms with van der Waals surface area (Å²) >= 11 is 0. The summed E-state index contributed by atoms with van der Waals surface area (Å²) in [5.74, 6) is -3.08. The van der Waals surface area contributed by atoms with Gasteiger partial charge in [0.1, 0.15) is 0 Å². The largest absolute Gasteiger partial charge is 0.466 e. The fourth-order valence-electron chi connectivity index (χ4n) is 4.10. The molecular formula is C17H24O6. The van der Waals surface area contributed by atoms with E-state index in [2.05, 4.69) is 0 Å². The number of hydrogen-bond acceptors (Lipinski definition) is 6. The van der Waals surface area contributed by atoms with Gasteiger partial charge in [0.25, 0.3) is 0 Å². The maximum absolute atomic E-state index is 12.5. The quantitative estimate of drug-likeness (QED) is 0.579. The second-order valence-electron chi connectivity index (χ2n) is 6.66. The van der Waals surface area contributed by atoms with Gasteiger partial charge in [-0.1, -0.05) is 12.2 Å². The molecule has 2 bridgehead atoms. The maximum atomic E-state index is 12.5. The van der Waals surface area contributed by atoms with Gasteiger partial charge in [0.2, 0.25) is 0 Å². The summed E-state index contributed by atoms with van der Waals surface area (Å²) in [6, 6.07) is 0. The minimum atomic E-state index is -0.722. The van der Waals surface area contributed by atoms with Crippen LogP contribution in [0.2, 0.25) is 0 Å². The number of carbonyl (C=O) groups is 2. The number of esters is 2. The zero-order valence-corrected chi connectivity index (χ0v) is 14.0. The summed E-state index contributed by atoms with van der Waals surface area (Å²) in [6.07, 6.45) is 3.46. The van der Waals surface area contributed by atoms with Crippen LogP contribution in [0, 0.1) is 23.7 Å². The highest BCUT2D eigenvalue weighted by Gasteiger charge is 2.62. The molecule has 0 aromatic rings. The van der Waals surface area contributed by atoms with Gasteiger partial charge in [-0.05, 0) is 27.7 Å². The molecule has 1 aliphatic heterocycles. The predicted molar refractivity (Wildman–Crippen MR) is 80.2 cm³/mol. The van der Waals surface area contributed by atoms with E-state index < -0.39 is 17.6 Å². The molecule has 6 nitrogen and oxygen atoms in total. The second-order valence-corrected chi connectivity index (χ2v) is 6.66. The Balaban J connectivity index is 1.95. The molecule has 0 radical (unpaired) electrons. The van der Waals surface area contributed by atoms with E-state index in [4.69, 9.17) is 18.9 Å². The van der Waals surface area contributed by atoms with Crippen molar-refractivity contribution in [3.8, 4) is 0 Å². The zero-order chi connectivity index (χ0) is 16.8. The lowest BCUT2D eigenvalue weighted by Gasteiger charge is -2.47. The molecule has 0 N–H and O–H groups in total. The first kappa shape index (κ1) is 16.5. The Morgan fingerprint density at radius 1 is 0.913 bits per heavy atom. The average Bonchev–Trinajstić information content (AvgIpc) is 2.83. The van der Waals surface area contributed by atoms with E-state index in [0.717, 1.165) is 0 Å². The van der Waals surface area contributed by atoms with Gasteiger partial charge in [-0.3, -0.25) is 9.59 Å². The monoisotopic (exact) mass is 324 g/mol. The molecule has 0 amide bonds. The van der Waals surface area contributed by atoms with Crippen LogP contribution in [0.15, 0.2) is 12.2 Å². The summed E-state index contributed by atoms with van der Waals surface area (Å²) in [5.41, 5.74) is 0. The molecule has 0 spiro atoms. The molecule has 4 rings (SSSR count). The molecule has 1 saturated heterocycles. The Hall–Kier alpha value is -1.40. The van der Waals surface area contributed by atoms with Crippen LogP contribution in [-0.2, 0) is 28.5 Å². The Labute approximate surface area is 136 Å². The van der Waals surface area contributed by atoms with Crippen molar-refractivity contribution in [3.05, 3.63) is 12.2 Å². The number of rotatable bonds is 4. The normalized spacial score (nSPS) is 39.8. The molecule has 0 aromatic heterocycles. The number of carbonyl (C=O) groups excluding carboxylic acids is 2. The highest BCUT2D eigenvalue weighted by molar-refractivity contribution is 5.84. The molecule has 6 atom stereocenters. The Morgan fingerprint density at radius 3 is 1.65 bits per heavy atom.